The van der Waals surface area contributed by atoms with E-state index in [2.05, 4.69) is 9.46 Å². The minimum atomic E-state index is -4.38. The van der Waals surface area contributed by atoms with E-state index in [0.717, 1.165) is 0 Å². The predicted molar refractivity (Wildman–Crippen MR) is 92.3 cm³/mol. The van der Waals surface area contributed by atoms with Gasteiger partial charge in [-0.05, 0) is 29.3 Å². The first-order valence-electron chi connectivity index (χ1n) is 7.52. The number of hydrogen-bond donors (Lipinski definition) is 1. The molecular weight excluding hydrogens is 405 g/mol. The first kappa shape index (κ1) is 21.2. The fraction of sp³-hybridized carbons (Fsp3) is 0.235. The molecule has 10 heteroatoms. The van der Waals surface area contributed by atoms with Crippen LogP contribution in [0.15, 0.2) is 47.4 Å². The number of nitrogens with one attached hydrogen (secondary N) is 1. The Balaban J connectivity index is 1.95. The molecule has 0 radical (unpaired) electrons. The second kappa shape index (κ2) is 8.71. The minimum Gasteiger partial charge on any atom is -0.367 e. The molecule has 1 N–H and O–H groups in total. The second-order valence-corrected chi connectivity index (χ2v) is 7.68. The number of nitrogens with zero attached hydrogens (tertiary/aromatic N) is 1. The molecule has 5 nitrogen and oxygen atoms in total. The van der Waals surface area contributed by atoms with E-state index in [1.54, 1.807) is 24.3 Å². The maximum atomic E-state index is 12.3. The topological polar surface area (TPSA) is 79.2 Å². The van der Waals surface area contributed by atoms with Crippen LogP contribution in [0.25, 0.3) is 0 Å². The molecule has 0 saturated carbocycles. The molecule has 0 amide bonds. The summed E-state index contributed by atoms with van der Waals surface area (Å²) < 4.78 is 67.6. The van der Waals surface area contributed by atoms with Gasteiger partial charge in [0, 0.05) is 6.54 Å². The van der Waals surface area contributed by atoms with Gasteiger partial charge in [0.05, 0.1) is 22.1 Å². The highest BCUT2D eigenvalue weighted by Crippen LogP contribution is 2.20. The van der Waals surface area contributed by atoms with Crippen LogP contribution < -0.4 is 4.72 Å². The molecule has 144 valence electrons. The lowest BCUT2D eigenvalue weighted by Crippen LogP contribution is -2.23. The lowest BCUT2D eigenvalue weighted by Gasteiger charge is -2.09. The smallest absolute Gasteiger partial charge is 0.367 e. The number of hydrogen-bond acceptors (Lipinski definition) is 4. The van der Waals surface area contributed by atoms with E-state index in [4.69, 9.17) is 16.9 Å². The van der Waals surface area contributed by atoms with Gasteiger partial charge in [0.15, 0.2) is 0 Å². The molecule has 0 fully saturated rings. The Labute approximate surface area is 159 Å². The van der Waals surface area contributed by atoms with Gasteiger partial charge in [-0.15, -0.1) is 0 Å². The maximum absolute atomic E-state index is 12.3. The zero-order valence-corrected chi connectivity index (χ0v) is 15.3. The van der Waals surface area contributed by atoms with Crippen LogP contribution in [0.4, 0.5) is 13.2 Å². The Kier molecular flexibility index (Phi) is 6.84. The SMILES string of the molecule is N#Cc1ccc(S(=O)(=O)NCc2ccc(COCC(F)(F)F)cc2)cc1Cl. The Morgan fingerprint density at radius 2 is 1.74 bits per heavy atom. The van der Waals surface area contributed by atoms with Crippen LogP contribution in [0.1, 0.15) is 16.7 Å². The summed E-state index contributed by atoms with van der Waals surface area (Å²) in [5.74, 6) is 0. The van der Waals surface area contributed by atoms with Gasteiger partial charge in [-0.1, -0.05) is 35.9 Å². The predicted octanol–water partition coefficient (Wildman–Crippen LogP) is 3.77. The van der Waals surface area contributed by atoms with Gasteiger partial charge in [0.1, 0.15) is 12.7 Å². The molecule has 0 spiro atoms. The molecule has 0 heterocycles. The molecule has 0 saturated heterocycles. The molecule has 0 aliphatic heterocycles. The highest BCUT2D eigenvalue weighted by molar-refractivity contribution is 7.89. The van der Waals surface area contributed by atoms with Crippen molar-refractivity contribution in [2.45, 2.75) is 24.2 Å². The zero-order chi connectivity index (χ0) is 20.1. The summed E-state index contributed by atoms with van der Waals surface area (Å²) in [5.41, 5.74) is 1.31. The monoisotopic (exact) mass is 418 g/mol. The third kappa shape index (κ3) is 6.52. The second-order valence-electron chi connectivity index (χ2n) is 5.50. The molecule has 0 aliphatic carbocycles. The molecule has 27 heavy (non-hydrogen) atoms. The van der Waals surface area contributed by atoms with Crippen molar-refractivity contribution in [2.24, 2.45) is 0 Å². The highest BCUT2D eigenvalue weighted by atomic mass is 35.5. The van der Waals surface area contributed by atoms with Crippen LogP contribution in [0.2, 0.25) is 5.02 Å². The van der Waals surface area contributed by atoms with Crippen molar-refractivity contribution in [1.82, 2.24) is 4.72 Å². The maximum Gasteiger partial charge on any atom is 0.411 e. The number of benzene rings is 2. The van der Waals surface area contributed by atoms with Crippen molar-refractivity contribution in [3.8, 4) is 6.07 Å². The van der Waals surface area contributed by atoms with Gasteiger partial charge in [0.25, 0.3) is 0 Å². The van der Waals surface area contributed by atoms with Crippen molar-refractivity contribution in [3.63, 3.8) is 0 Å². The van der Waals surface area contributed by atoms with E-state index >= 15 is 0 Å². The van der Waals surface area contributed by atoms with E-state index in [0.29, 0.717) is 11.1 Å². The first-order chi connectivity index (χ1) is 12.6. The molecule has 2 aromatic rings. The first-order valence-corrected chi connectivity index (χ1v) is 9.38. The third-order valence-corrected chi connectivity index (χ3v) is 5.11. The van der Waals surface area contributed by atoms with E-state index in [1.165, 1.54) is 18.2 Å². The van der Waals surface area contributed by atoms with Gasteiger partial charge >= 0.3 is 6.18 Å². The van der Waals surface area contributed by atoms with Gasteiger partial charge in [0.2, 0.25) is 10.0 Å². The van der Waals surface area contributed by atoms with E-state index in [9.17, 15) is 21.6 Å². The van der Waals surface area contributed by atoms with Gasteiger partial charge in [-0.3, -0.25) is 0 Å². The number of alkyl halides is 3. The molecule has 0 atom stereocenters. The lowest BCUT2D eigenvalue weighted by atomic mass is 10.1. The molecule has 2 rings (SSSR count). The van der Waals surface area contributed by atoms with Crippen molar-refractivity contribution >= 4 is 21.6 Å². The Morgan fingerprint density at radius 1 is 1.11 bits per heavy atom. The largest absolute Gasteiger partial charge is 0.411 e. The highest BCUT2D eigenvalue weighted by Gasteiger charge is 2.27. The number of sulfonamides is 1. The lowest BCUT2D eigenvalue weighted by molar-refractivity contribution is -0.176. The van der Waals surface area contributed by atoms with Crippen LogP contribution in [0.3, 0.4) is 0 Å². The van der Waals surface area contributed by atoms with E-state index in [-0.39, 0.29) is 28.6 Å². The number of ether oxygens (including phenoxy) is 1. The van der Waals surface area contributed by atoms with Gasteiger partial charge < -0.3 is 4.74 Å². The van der Waals surface area contributed by atoms with Crippen LogP contribution in [-0.2, 0) is 27.9 Å². The molecule has 2 aromatic carbocycles. The number of halogens is 4. The van der Waals surface area contributed by atoms with Gasteiger partial charge in [-0.2, -0.15) is 18.4 Å². The van der Waals surface area contributed by atoms with Crippen molar-refractivity contribution in [2.75, 3.05) is 6.61 Å². The summed E-state index contributed by atoms with van der Waals surface area (Å²) in [7, 11) is -3.84. The fourth-order valence-electron chi connectivity index (χ4n) is 2.05. The summed E-state index contributed by atoms with van der Waals surface area (Å²) in [5, 5.41) is 8.85. The summed E-state index contributed by atoms with van der Waals surface area (Å²) in [4.78, 5) is -0.0799. The molecular formula is C17H14ClF3N2O3S. The van der Waals surface area contributed by atoms with Crippen LogP contribution in [0, 0.1) is 11.3 Å². The summed E-state index contributed by atoms with van der Waals surface area (Å²) in [6, 6.07) is 11.9. The van der Waals surface area contributed by atoms with Crippen LogP contribution in [0.5, 0.6) is 0 Å². The quantitative estimate of drug-likeness (QED) is 0.742. The van der Waals surface area contributed by atoms with Crippen LogP contribution in [-0.4, -0.2) is 21.2 Å². The molecule has 0 unspecified atom stereocenters. The Morgan fingerprint density at radius 3 is 2.30 bits per heavy atom. The van der Waals surface area contributed by atoms with E-state index < -0.39 is 22.8 Å². The summed E-state index contributed by atoms with van der Waals surface area (Å²) in [6.07, 6.45) is -4.38. The average Bonchev–Trinajstić information content (AvgIpc) is 2.60. The number of rotatable bonds is 7. The standard InChI is InChI=1S/C17H14ClF3N2O3S/c18-16-7-15(6-5-14(16)8-22)27(24,25)23-9-12-1-3-13(4-2-12)10-26-11-17(19,20)21/h1-7,23H,9-11H2. The third-order valence-electron chi connectivity index (χ3n) is 3.40. The van der Waals surface area contributed by atoms with Crippen molar-refractivity contribution < 1.29 is 26.3 Å². The summed E-state index contributed by atoms with van der Waals surface area (Å²) in [6.45, 7) is -1.55. The average molecular weight is 419 g/mol. The molecule has 0 bridgehead atoms. The molecule has 0 aromatic heterocycles. The number of nitriles is 1. The Bertz CT molecular complexity index is 939. The van der Waals surface area contributed by atoms with E-state index in [1.807, 2.05) is 6.07 Å². The van der Waals surface area contributed by atoms with Crippen LogP contribution >= 0.6 is 11.6 Å². The van der Waals surface area contributed by atoms with Crippen molar-refractivity contribution in [3.05, 3.63) is 64.2 Å². The normalized spacial score (nSPS) is 12.0. The summed E-state index contributed by atoms with van der Waals surface area (Å²) >= 11 is 5.84. The molecule has 0 aliphatic rings. The minimum absolute atomic E-state index is 0.0242. The fourth-order valence-corrected chi connectivity index (χ4v) is 3.38. The van der Waals surface area contributed by atoms with Gasteiger partial charge in [-0.25, -0.2) is 13.1 Å². The Hall–Kier alpha value is -2.12. The van der Waals surface area contributed by atoms with Crippen molar-refractivity contribution in [1.29, 1.82) is 5.26 Å². The zero-order valence-electron chi connectivity index (χ0n) is 13.8.